The summed E-state index contributed by atoms with van der Waals surface area (Å²) in [5, 5.41) is 10.8. The number of β-amino-alcohol motifs (C(OH)–C–C–N with tert-alkyl or cyclic N) is 1. The van der Waals surface area contributed by atoms with Crippen molar-refractivity contribution >= 4 is 5.95 Å². The second-order valence-electron chi connectivity index (χ2n) is 7.77. The van der Waals surface area contributed by atoms with Crippen LogP contribution in [0, 0.1) is 0 Å². The first-order valence-electron chi connectivity index (χ1n) is 9.49. The Morgan fingerprint density at radius 3 is 2.57 bits per heavy atom. The third kappa shape index (κ3) is 3.43. The third-order valence-corrected chi connectivity index (χ3v) is 5.42. The lowest BCUT2D eigenvalue weighted by molar-refractivity contribution is 0.169. The minimum absolute atomic E-state index is 0.0773. The smallest absolute Gasteiger partial charge is 0.255 e. The average molecular weight is 376 g/mol. The van der Waals surface area contributed by atoms with Gasteiger partial charge in [-0.15, -0.1) is 0 Å². The number of rotatable bonds is 4. The summed E-state index contributed by atoms with van der Waals surface area (Å²) in [4.78, 5) is 23.7. The van der Waals surface area contributed by atoms with E-state index in [0.29, 0.717) is 24.7 Å². The highest BCUT2D eigenvalue weighted by Gasteiger charge is 2.36. The summed E-state index contributed by atoms with van der Waals surface area (Å²) in [7, 11) is 0. The van der Waals surface area contributed by atoms with Crippen molar-refractivity contribution in [2.75, 3.05) is 11.4 Å². The zero-order chi connectivity index (χ0) is 19.7. The SMILES string of the molecule is CC1(C)CCn2c(nc(-c3ccncc3)cc2=O)N1C[C@@H](O)c1ccccc1. The van der Waals surface area contributed by atoms with Gasteiger partial charge in [0, 0.05) is 36.1 Å². The number of nitrogens with zero attached hydrogens (tertiary/aromatic N) is 4. The summed E-state index contributed by atoms with van der Waals surface area (Å²) in [6, 6.07) is 14.8. The van der Waals surface area contributed by atoms with Crippen molar-refractivity contribution in [3.8, 4) is 11.3 Å². The Balaban J connectivity index is 1.77. The van der Waals surface area contributed by atoms with Gasteiger partial charge in [-0.05, 0) is 38.0 Å². The lowest BCUT2D eigenvalue weighted by atomic mass is 9.95. The van der Waals surface area contributed by atoms with Crippen LogP contribution in [0.1, 0.15) is 31.9 Å². The fraction of sp³-hybridized carbons (Fsp3) is 0.318. The normalized spacial score (nSPS) is 16.5. The molecule has 0 saturated heterocycles. The summed E-state index contributed by atoms with van der Waals surface area (Å²) < 4.78 is 1.70. The van der Waals surface area contributed by atoms with Gasteiger partial charge in [0.15, 0.2) is 0 Å². The molecule has 1 N–H and O–H groups in total. The van der Waals surface area contributed by atoms with Crippen LogP contribution in [0.15, 0.2) is 65.7 Å². The number of benzene rings is 1. The van der Waals surface area contributed by atoms with Gasteiger partial charge in [-0.3, -0.25) is 14.3 Å². The summed E-state index contributed by atoms with van der Waals surface area (Å²) in [6.07, 6.45) is 3.51. The van der Waals surface area contributed by atoms with Crippen LogP contribution in [0.2, 0.25) is 0 Å². The number of hydrogen-bond donors (Lipinski definition) is 1. The molecule has 3 aromatic rings. The van der Waals surface area contributed by atoms with Crippen molar-refractivity contribution in [2.24, 2.45) is 0 Å². The van der Waals surface area contributed by atoms with Crippen LogP contribution < -0.4 is 10.5 Å². The molecule has 0 radical (unpaired) electrons. The zero-order valence-corrected chi connectivity index (χ0v) is 16.1. The summed E-state index contributed by atoms with van der Waals surface area (Å²) in [5.41, 5.74) is 2.01. The van der Waals surface area contributed by atoms with E-state index < -0.39 is 6.10 Å². The highest BCUT2D eigenvalue weighted by atomic mass is 16.3. The van der Waals surface area contributed by atoms with Gasteiger partial charge in [0.05, 0.1) is 18.3 Å². The first kappa shape index (κ1) is 18.4. The Bertz CT molecular complexity index is 1020. The largest absolute Gasteiger partial charge is 0.387 e. The van der Waals surface area contributed by atoms with Crippen molar-refractivity contribution in [1.82, 2.24) is 14.5 Å². The Morgan fingerprint density at radius 2 is 1.86 bits per heavy atom. The Labute approximate surface area is 164 Å². The maximum absolute atomic E-state index is 12.8. The van der Waals surface area contributed by atoms with Gasteiger partial charge in [-0.2, -0.15) is 0 Å². The monoisotopic (exact) mass is 376 g/mol. The Morgan fingerprint density at radius 1 is 1.14 bits per heavy atom. The molecule has 0 unspecified atom stereocenters. The molecule has 144 valence electrons. The van der Waals surface area contributed by atoms with E-state index in [1.54, 1.807) is 23.0 Å². The van der Waals surface area contributed by atoms with Crippen LogP contribution in [0.25, 0.3) is 11.3 Å². The summed E-state index contributed by atoms with van der Waals surface area (Å²) in [6.45, 7) is 5.23. The first-order valence-corrected chi connectivity index (χ1v) is 9.49. The molecule has 0 amide bonds. The quantitative estimate of drug-likeness (QED) is 0.758. The van der Waals surface area contributed by atoms with Gasteiger partial charge in [-0.25, -0.2) is 4.98 Å². The van der Waals surface area contributed by atoms with Gasteiger partial charge in [0.2, 0.25) is 5.95 Å². The maximum Gasteiger partial charge on any atom is 0.255 e. The van der Waals surface area contributed by atoms with E-state index in [1.807, 2.05) is 42.5 Å². The van der Waals surface area contributed by atoms with E-state index in [-0.39, 0.29) is 11.1 Å². The summed E-state index contributed by atoms with van der Waals surface area (Å²) in [5.74, 6) is 0.602. The fourth-order valence-corrected chi connectivity index (χ4v) is 3.65. The molecule has 4 rings (SSSR count). The standard InChI is InChI=1S/C22H24N4O2/c1-22(2)10-13-25-20(28)14-18(16-8-11-23-12-9-16)24-21(25)26(22)15-19(27)17-6-4-3-5-7-17/h3-9,11-12,14,19,27H,10,13,15H2,1-2H3/t19-/m1/s1. The minimum Gasteiger partial charge on any atom is -0.387 e. The molecule has 0 bridgehead atoms. The van der Waals surface area contributed by atoms with Gasteiger partial charge >= 0.3 is 0 Å². The molecule has 1 aliphatic rings. The molecule has 3 heterocycles. The molecule has 6 nitrogen and oxygen atoms in total. The van der Waals surface area contributed by atoms with Crippen molar-refractivity contribution in [3.63, 3.8) is 0 Å². The second-order valence-corrected chi connectivity index (χ2v) is 7.77. The molecule has 0 fully saturated rings. The highest BCUT2D eigenvalue weighted by molar-refractivity contribution is 5.60. The average Bonchev–Trinajstić information content (AvgIpc) is 2.71. The maximum atomic E-state index is 12.8. The van der Waals surface area contributed by atoms with E-state index in [4.69, 9.17) is 4.98 Å². The van der Waals surface area contributed by atoms with E-state index in [1.165, 1.54) is 0 Å². The van der Waals surface area contributed by atoms with Crippen LogP contribution in [0.4, 0.5) is 5.95 Å². The van der Waals surface area contributed by atoms with Crippen LogP contribution >= 0.6 is 0 Å². The van der Waals surface area contributed by atoms with Gasteiger partial charge in [0.25, 0.3) is 5.56 Å². The van der Waals surface area contributed by atoms with Gasteiger partial charge < -0.3 is 10.0 Å². The van der Waals surface area contributed by atoms with Crippen LogP contribution in [-0.4, -0.2) is 31.7 Å². The number of aliphatic hydroxyl groups excluding tert-OH is 1. The molecular formula is C22H24N4O2. The van der Waals surface area contributed by atoms with Gasteiger partial charge in [-0.1, -0.05) is 30.3 Å². The number of pyridine rings is 1. The molecule has 2 aromatic heterocycles. The van der Waals surface area contributed by atoms with E-state index >= 15 is 0 Å². The fourth-order valence-electron chi connectivity index (χ4n) is 3.65. The van der Waals surface area contributed by atoms with Crippen LogP contribution in [-0.2, 0) is 6.54 Å². The number of fused-ring (bicyclic) bond motifs is 1. The highest BCUT2D eigenvalue weighted by Crippen LogP contribution is 2.33. The van der Waals surface area contributed by atoms with E-state index in [9.17, 15) is 9.90 Å². The predicted molar refractivity (Wildman–Crippen MR) is 109 cm³/mol. The molecule has 1 aliphatic heterocycles. The van der Waals surface area contributed by atoms with E-state index in [0.717, 1.165) is 17.5 Å². The topological polar surface area (TPSA) is 71.2 Å². The van der Waals surface area contributed by atoms with Crippen molar-refractivity contribution in [3.05, 3.63) is 76.8 Å². The Hall–Kier alpha value is -2.99. The molecule has 0 spiro atoms. The molecule has 0 aliphatic carbocycles. The van der Waals surface area contributed by atoms with Crippen molar-refractivity contribution in [2.45, 2.75) is 38.5 Å². The second kappa shape index (κ2) is 7.20. The number of anilines is 1. The van der Waals surface area contributed by atoms with Crippen LogP contribution in [0.3, 0.4) is 0 Å². The molecular weight excluding hydrogens is 352 g/mol. The lowest BCUT2D eigenvalue weighted by Crippen LogP contribution is -2.53. The predicted octanol–water partition coefficient (Wildman–Crippen LogP) is 3.03. The molecule has 6 heteroatoms. The van der Waals surface area contributed by atoms with Crippen LogP contribution in [0.5, 0.6) is 0 Å². The Kier molecular flexibility index (Phi) is 4.73. The first-order chi connectivity index (χ1) is 13.5. The third-order valence-electron chi connectivity index (χ3n) is 5.42. The van der Waals surface area contributed by atoms with Gasteiger partial charge in [0.1, 0.15) is 0 Å². The molecule has 1 atom stereocenters. The molecule has 28 heavy (non-hydrogen) atoms. The number of hydrogen-bond acceptors (Lipinski definition) is 5. The molecule has 1 aromatic carbocycles. The lowest BCUT2D eigenvalue weighted by Gasteiger charge is -2.45. The number of aliphatic hydroxyl groups is 1. The van der Waals surface area contributed by atoms with Crippen molar-refractivity contribution < 1.29 is 5.11 Å². The number of aromatic nitrogens is 3. The zero-order valence-electron chi connectivity index (χ0n) is 16.1. The molecule has 0 saturated carbocycles. The minimum atomic E-state index is -0.673. The summed E-state index contributed by atoms with van der Waals surface area (Å²) >= 11 is 0. The van der Waals surface area contributed by atoms with Crippen molar-refractivity contribution in [1.29, 1.82) is 0 Å². The van der Waals surface area contributed by atoms with E-state index in [2.05, 4.69) is 23.7 Å².